The summed E-state index contributed by atoms with van der Waals surface area (Å²) >= 11 is 0. The van der Waals surface area contributed by atoms with Crippen molar-refractivity contribution in [3.05, 3.63) is 23.8 Å². The van der Waals surface area contributed by atoms with E-state index in [9.17, 15) is 0 Å². The van der Waals surface area contributed by atoms with Crippen molar-refractivity contribution < 1.29 is 9.47 Å². The number of fused-ring (bicyclic) bond motifs is 1. The summed E-state index contributed by atoms with van der Waals surface area (Å²) in [6, 6.07) is 0. The first-order valence-corrected chi connectivity index (χ1v) is 7.19. The van der Waals surface area contributed by atoms with Gasteiger partial charge in [-0.15, -0.1) is 0 Å². The number of rotatable bonds is 4. The van der Waals surface area contributed by atoms with Crippen molar-refractivity contribution in [2.24, 2.45) is 17.8 Å². The summed E-state index contributed by atoms with van der Waals surface area (Å²) in [5.41, 5.74) is 1.45. The van der Waals surface area contributed by atoms with E-state index < -0.39 is 0 Å². The third-order valence-corrected chi connectivity index (χ3v) is 4.28. The molecule has 0 aromatic rings. The standard InChI is InChI=1S/C16H26O2/c1-17-11-13-9-14-7-5-3-4-6-8-16(14)15(10-13)12-18-2/h5,7,9,14-16H,3-4,6,8,10-12H2,1-2H3/b7-5-/t14?,15-,16?/m1/s1. The fourth-order valence-electron chi connectivity index (χ4n) is 3.48. The van der Waals surface area contributed by atoms with E-state index in [0.717, 1.165) is 25.6 Å². The predicted octanol–water partition coefficient (Wildman–Crippen LogP) is 3.59. The molecule has 0 heterocycles. The zero-order valence-corrected chi connectivity index (χ0v) is 11.7. The monoisotopic (exact) mass is 250 g/mol. The lowest BCUT2D eigenvalue weighted by Crippen LogP contribution is -2.30. The van der Waals surface area contributed by atoms with Crippen LogP contribution in [0.2, 0.25) is 0 Å². The van der Waals surface area contributed by atoms with E-state index in [4.69, 9.17) is 9.47 Å². The first-order valence-electron chi connectivity index (χ1n) is 7.19. The van der Waals surface area contributed by atoms with Crippen LogP contribution >= 0.6 is 0 Å². The highest BCUT2D eigenvalue weighted by Gasteiger charge is 2.31. The molecule has 0 saturated carbocycles. The molecule has 0 N–H and O–H groups in total. The second-order valence-corrected chi connectivity index (χ2v) is 5.63. The number of allylic oxidation sites excluding steroid dienone is 3. The zero-order chi connectivity index (χ0) is 12.8. The summed E-state index contributed by atoms with van der Waals surface area (Å²) < 4.78 is 10.7. The van der Waals surface area contributed by atoms with Gasteiger partial charge in [0.05, 0.1) is 6.61 Å². The van der Waals surface area contributed by atoms with Gasteiger partial charge in [-0.1, -0.05) is 24.6 Å². The van der Waals surface area contributed by atoms with Gasteiger partial charge in [-0.2, -0.15) is 0 Å². The van der Waals surface area contributed by atoms with Gasteiger partial charge >= 0.3 is 0 Å². The second-order valence-electron chi connectivity index (χ2n) is 5.63. The van der Waals surface area contributed by atoms with Gasteiger partial charge < -0.3 is 9.47 Å². The molecule has 0 fully saturated rings. The Morgan fingerprint density at radius 2 is 2.11 bits per heavy atom. The molecule has 0 bridgehead atoms. The minimum absolute atomic E-state index is 0.601. The molecule has 0 spiro atoms. The van der Waals surface area contributed by atoms with Crippen LogP contribution in [0.4, 0.5) is 0 Å². The van der Waals surface area contributed by atoms with Gasteiger partial charge in [0, 0.05) is 20.8 Å². The lowest BCUT2D eigenvalue weighted by molar-refractivity contribution is 0.0948. The van der Waals surface area contributed by atoms with E-state index in [1.807, 2.05) is 7.11 Å². The van der Waals surface area contributed by atoms with E-state index in [-0.39, 0.29) is 0 Å². The van der Waals surface area contributed by atoms with Gasteiger partial charge in [0.1, 0.15) is 0 Å². The Balaban J connectivity index is 2.15. The van der Waals surface area contributed by atoms with Crippen LogP contribution in [0.25, 0.3) is 0 Å². The molecule has 2 heteroatoms. The Bertz CT molecular complexity index is 306. The second kappa shape index (κ2) is 7.10. The van der Waals surface area contributed by atoms with E-state index in [0.29, 0.717) is 11.8 Å². The minimum atomic E-state index is 0.601. The quantitative estimate of drug-likeness (QED) is 0.710. The molecule has 2 aliphatic carbocycles. The normalized spacial score (nSPS) is 34.1. The van der Waals surface area contributed by atoms with Crippen LogP contribution in [0.5, 0.6) is 0 Å². The van der Waals surface area contributed by atoms with Gasteiger partial charge in [0.25, 0.3) is 0 Å². The van der Waals surface area contributed by atoms with E-state index in [1.54, 1.807) is 7.11 Å². The maximum Gasteiger partial charge on any atom is 0.0673 e. The summed E-state index contributed by atoms with van der Waals surface area (Å²) in [7, 11) is 3.61. The number of ether oxygens (including phenoxy) is 2. The third-order valence-electron chi connectivity index (χ3n) is 4.28. The van der Waals surface area contributed by atoms with E-state index in [2.05, 4.69) is 18.2 Å². The fraction of sp³-hybridized carbons (Fsp3) is 0.750. The van der Waals surface area contributed by atoms with Crippen LogP contribution in [0, 0.1) is 17.8 Å². The van der Waals surface area contributed by atoms with Crippen LogP contribution in [0.3, 0.4) is 0 Å². The maximum atomic E-state index is 5.44. The molecular weight excluding hydrogens is 224 g/mol. The van der Waals surface area contributed by atoms with Crippen molar-refractivity contribution in [2.75, 3.05) is 27.4 Å². The van der Waals surface area contributed by atoms with Gasteiger partial charge in [-0.3, -0.25) is 0 Å². The summed E-state index contributed by atoms with van der Waals surface area (Å²) in [4.78, 5) is 0. The highest BCUT2D eigenvalue weighted by atomic mass is 16.5. The SMILES string of the molecule is COCC1=CC2/C=C\CCCCC2[C@@H](COC)C1. The van der Waals surface area contributed by atoms with Gasteiger partial charge in [-0.25, -0.2) is 0 Å². The number of methoxy groups -OCH3 is 2. The molecule has 2 rings (SSSR count). The Morgan fingerprint density at radius 3 is 2.89 bits per heavy atom. The Labute approximate surface area is 111 Å². The predicted molar refractivity (Wildman–Crippen MR) is 74.5 cm³/mol. The minimum Gasteiger partial charge on any atom is -0.384 e. The van der Waals surface area contributed by atoms with E-state index in [1.165, 1.54) is 31.3 Å². The zero-order valence-electron chi connectivity index (χ0n) is 11.7. The van der Waals surface area contributed by atoms with Crippen molar-refractivity contribution in [2.45, 2.75) is 32.1 Å². The Kier molecular flexibility index (Phi) is 5.45. The highest BCUT2D eigenvalue weighted by molar-refractivity contribution is 5.17. The fourth-order valence-corrected chi connectivity index (χ4v) is 3.48. The average molecular weight is 250 g/mol. The summed E-state index contributed by atoms with van der Waals surface area (Å²) in [5, 5.41) is 0. The molecule has 0 aromatic heterocycles. The van der Waals surface area contributed by atoms with Crippen molar-refractivity contribution in [3.63, 3.8) is 0 Å². The third kappa shape index (κ3) is 3.46. The van der Waals surface area contributed by atoms with Gasteiger partial charge in [0.15, 0.2) is 0 Å². The Morgan fingerprint density at radius 1 is 1.22 bits per heavy atom. The summed E-state index contributed by atoms with van der Waals surface area (Å²) in [6.45, 7) is 1.66. The van der Waals surface area contributed by atoms with Crippen molar-refractivity contribution in [1.82, 2.24) is 0 Å². The topological polar surface area (TPSA) is 18.5 Å². The van der Waals surface area contributed by atoms with Gasteiger partial charge in [-0.05, 0) is 49.0 Å². The largest absolute Gasteiger partial charge is 0.384 e. The molecule has 102 valence electrons. The Hall–Kier alpha value is -0.600. The van der Waals surface area contributed by atoms with E-state index >= 15 is 0 Å². The van der Waals surface area contributed by atoms with Crippen molar-refractivity contribution >= 4 is 0 Å². The molecular formula is C16H26O2. The molecule has 2 nitrogen and oxygen atoms in total. The first kappa shape index (κ1) is 13.8. The molecule has 0 aliphatic heterocycles. The molecule has 0 radical (unpaired) electrons. The molecule has 18 heavy (non-hydrogen) atoms. The lowest BCUT2D eigenvalue weighted by atomic mass is 9.70. The van der Waals surface area contributed by atoms with Crippen LogP contribution in [0.15, 0.2) is 23.8 Å². The molecule has 2 aliphatic rings. The maximum absolute atomic E-state index is 5.44. The number of hydrogen-bond donors (Lipinski definition) is 0. The van der Waals surface area contributed by atoms with Crippen LogP contribution in [0.1, 0.15) is 32.1 Å². The highest BCUT2D eigenvalue weighted by Crippen LogP contribution is 2.39. The van der Waals surface area contributed by atoms with Crippen LogP contribution in [-0.4, -0.2) is 27.4 Å². The summed E-state index contributed by atoms with van der Waals surface area (Å²) in [5.74, 6) is 2.03. The molecule has 2 unspecified atom stereocenters. The lowest BCUT2D eigenvalue weighted by Gasteiger charge is -2.36. The number of hydrogen-bond acceptors (Lipinski definition) is 2. The first-order chi connectivity index (χ1) is 8.85. The van der Waals surface area contributed by atoms with Crippen LogP contribution < -0.4 is 0 Å². The van der Waals surface area contributed by atoms with Crippen LogP contribution in [-0.2, 0) is 9.47 Å². The average Bonchev–Trinajstić information content (AvgIpc) is 2.32. The molecule has 0 amide bonds. The molecule has 3 atom stereocenters. The smallest absolute Gasteiger partial charge is 0.0673 e. The summed E-state index contributed by atoms with van der Waals surface area (Å²) in [6.07, 6.45) is 13.7. The molecule has 0 saturated heterocycles. The van der Waals surface area contributed by atoms with Crippen molar-refractivity contribution in [1.29, 1.82) is 0 Å². The van der Waals surface area contributed by atoms with Gasteiger partial charge in [0.2, 0.25) is 0 Å². The molecule has 0 aromatic carbocycles. The van der Waals surface area contributed by atoms with Crippen molar-refractivity contribution in [3.8, 4) is 0 Å².